The fraction of sp³-hybridized carbons (Fsp3) is 0.258. The van der Waals surface area contributed by atoms with Gasteiger partial charge in [0.25, 0.3) is 0 Å². The molecule has 0 saturated carbocycles. The van der Waals surface area contributed by atoms with Crippen LogP contribution in [0.5, 0.6) is 5.75 Å². The highest BCUT2D eigenvalue weighted by atomic mass is 16.6. The number of carbonyl (C=O) groups is 2. The average molecular weight is 566 g/mol. The van der Waals surface area contributed by atoms with Crippen LogP contribution < -0.4 is 15.4 Å². The van der Waals surface area contributed by atoms with Crippen LogP contribution in [0.1, 0.15) is 19.4 Å². The Kier molecular flexibility index (Phi) is 7.54. The first-order valence-electron chi connectivity index (χ1n) is 13.9. The number of carbonyl (C=O) groups excluding carboxylic acids is 2. The van der Waals surface area contributed by atoms with Gasteiger partial charge in [-0.2, -0.15) is 4.52 Å². The number of benzene rings is 3. The quantitative estimate of drug-likeness (QED) is 0.300. The Labute approximate surface area is 242 Å². The molecular formula is C31H31N7O4. The van der Waals surface area contributed by atoms with Crippen LogP contribution in [0, 0.1) is 0 Å². The molecule has 1 saturated heterocycles. The Morgan fingerprint density at radius 2 is 1.79 bits per heavy atom. The molecule has 1 atom stereocenters. The minimum atomic E-state index is -0.797. The number of amides is 2. The van der Waals surface area contributed by atoms with Gasteiger partial charge in [0.05, 0.1) is 18.2 Å². The molecule has 0 radical (unpaired) electrons. The van der Waals surface area contributed by atoms with Crippen molar-refractivity contribution >= 4 is 34.5 Å². The lowest BCUT2D eigenvalue weighted by Crippen LogP contribution is -2.44. The molecule has 0 aliphatic carbocycles. The fourth-order valence-corrected chi connectivity index (χ4v) is 4.80. The number of rotatable bonds is 7. The molecule has 42 heavy (non-hydrogen) atoms. The van der Waals surface area contributed by atoms with Crippen LogP contribution in [0.2, 0.25) is 0 Å². The van der Waals surface area contributed by atoms with E-state index in [2.05, 4.69) is 10.6 Å². The zero-order valence-electron chi connectivity index (χ0n) is 23.4. The topological polar surface area (TPSA) is 123 Å². The average Bonchev–Trinajstić information content (AvgIpc) is 3.37. The Balaban J connectivity index is 1.28. The molecule has 2 amide bonds. The highest BCUT2D eigenvalue weighted by Gasteiger charge is 2.30. The number of para-hydroxylation sites is 1. The second kappa shape index (κ2) is 11.7. The summed E-state index contributed by atoms with van der Waals surface area (Å²) in [6.07, 6.45) is -0.426. The van der Waals surface area contributed by atoms with Gasteiger partial charge in [0.2, 0.25) is 11.9 Å². The number of aromatic nitrogens is 4. The minimum absolute atomic E-state index is 0.0677. The second-order valence-corrected chi connectivity index (χ2v) is 10.3. The summed E-state index contributed by atoms with van der Waals surface area (Å²) in [5.74, 6) is 1.35. The maximum atomic E-state index is 13.1. The first-order valence-corrected chi connectivity index (χ1v) is 13.9. The molecule has 3 heterocycles. The van der Waals surface area contributed by atoms with Crippen LogP contribution in [0.3, 0.4) is 0 Å². The number of anilines is 1. The van der Waals surface area contributed by atoms with E-state index in [1.807, 2.05) is 92.7 Å². The van der Waals surface area contributed by atoms with Gasteiger partial charge in [-0.15, -0.1) is 5.10 Å². The molecule has 0 spiro atoms. The third kappa shape index (κ3) is 5.80. The van der Waals surface area contributed by atoms with E-state index in [1.54, 1.807) is 4.52 Å². The van der Waals surface area contributed by atoms with E-state index < -0.39 is 12.1 Å². The third-order valence-corrected chi connectivity index (χ3v) is 6.83. The van der Waals surface area contributed by atoms with E-state index in [0.29, 0.717) is 36.0 Å². The van der Waals surface area contributed by atoms with E-state index in [-0.39, 0.29) is 25.2 Å². The lowest BCUT2D eigenvalue weighted by Gasteiger charge is -2.23. The lowest BCUT2D eigenvalue weighted by molar-refractivity contribution is -0.121. The molecule has 2 aromatic heterocycles. The van der Waals surface area contributed by atoms with Gasteiger partial charge >= 0.3 is 6.09 Å². The number of nitrogens with zero attached hydrogens (tertiary/aromatic N) is 5. The minimum Gasteiger partial charge on any atom is -0.491 e. The monoisotopic (exact) mass is 565 g/mol. The van der Waals surface area contributed by atoms with E-state index in [9.17, 15) is 9.59 Å². The molecule has 214 valence electrons. The molecule has 0 unspecified atom stereocenters. The molecule has 1 aliphatic heterocycles. The molecule has 2 N–H and O–H groups in total. The number of nitrogens with one attached hydrogen (secondary N) is 2. The summed E-state index contributed by atoms with van der Waals surface area (Å²) < 4.78 is 12.9. The van der Waals surface area contributed by atoms with Crippen LogP contribution in [0.25, 0.3) is 27.9 Å². The smallest absolute Gasteiger partial charge is 0.410 e. The van der Waals surface area contributed by atoms with Crippen molar-refractivity contribution in [3.63, 3.8) is 0 Å². The van der Waals surface area contributed by atoms with Gasteiger partial charge in [-0.05, 0) is 55.8 Å². The molecule has 1 fully saturated rings. The van der Waals surface area contributed by atoms with Crippen LogP contribution in [0.4, 0.5) is 10.7 Å². The van der Waals surface area contributed by atoms with Crippen LogP contribution >= 0.6 is 0 Å². The Morgan fingerprint density at radius 3 is 2.57 bits per heavy atom. The van der Waals surface area contributed by atoms with E-state index in [4.69, 9.17) is 24.5 Å². The van der Waals surface area contributed by atoms with E-state index in [0.717, 1.165) is 22.3 Å². The van der Waals surface area contributed by atoms with Crippen molar-refractivity contribution in [2.45, 2.75) is 32.6 Å². The van der Waals surface area contributed by atoms with Gasteiger partial charge in [0, 0.05) is 24.0 Å². The molecule has 5 aromatic rings. The lowest BCUT2D eigenvalue weighted by atomic mass is 10.2. The van der Waals surface area contributed by atoms with Crippen LogP contribution in [0.15, 0.2) is 78.9 Å². The number of ether oxygens (including phenoxy) is 2. The SMILES string of the molecule is CC(C)Oc1ccc(-c2nc3c4ccccc4nc(N[C@@H]4CN(C(=O)OCc5ccccc5)CCNC4=O)n3n2)cc1. The standard InChI is InChI=1S/C31H31N7O4/c1-20(2)42-23-14-12-22(13-15-23)27-35-28-24-10-6-7-11-25(24)33-30(38(28)36-27)34-26-18-37(17-16-32-29(26)39)31(40)41-19-21-8-4-3-5-9-21/h3-15,20,26H,16-19H2,1-2H3,(H,32,39)(H,33,34)/t26-/m1/s1. The van der Waals surface area contributed by atoms with Gasteiger partial charge < -0.3 is 25.0 Å². The maximum Gasteiger partial charge on any atom is 0.410 e. The molecule has 11 nitrogen and oxygen atoms in total. The molecule has 3 aromatic carbocycles. The van der Waals surface area contributed by atoms with Gasteiger partial charge in [-0.1, -0.05) is 42.5 Å². The predicted molar refractivity (Wildman–Crippen MR) is 158 cm³/mol. The highest BCUT2D eigenvalue weighted by Crippen LogP contribution is 2.26. The van der Waals surface area contributed by atoms with Gasteiger partial charge in [-0.3, -0.25) is 4.79 Å². The second-order valence-electron chi connectivity index (χ2n) is 10.3. The van der Waals surface area contributed by atoms with Crippen molar-refractivity contribution < 1.29 is 19.1 Å². The number of hydrogen-bond acceptors (Lipinski definition) is 8. The zero-order chi connectivity index (χ0) is 29.1. The number of hydrogen-bond donors (Lipinski definition) is 2. The Bertz CT molecular complexity index is 1720. The maximum absolute atomic E-state index is 13.1. The largest absolute Gasteiger partial charge is 0.491 e. The molecule has 1 aliphatic rings. The van der Waals surface area contributed by atoms with E-state index in [1.165, 1.54) is 4.90 Å². The molecule has 0 bridgehead atoms. The van der Waals surface area contributed by atoms with Crippen molar-refractivity contribution in [1.82, 2.24) is 29.8 Å². The van der Waals surface area contributed by atoms with Crippen LogP contribution in [-0.2, 0) is 16.1 Å². The predicted octanol–water partition coefficient (Wildman–Crippen LogP) is 4.28. The first kappa shape index (κ1) is 27.0. The van der Waals surface area contributed by atoms with Crippen molar-refractivity contribution in [3.05, 3.63) is 84.4 Å². The molecule has 11 heteroatoms. The Morgan fingerprint density at radius 1 is 1.02 bits per heavy atom. The van der Waals surface area contributed by atoms with Gasteiger partial charge in [0.15, 0.2) is 11.5 Å². The summed E-state index contributed by atoms with van der Waals surface area (Å²) >= 11 is 0. The summed E-state index contributed by atoms with van der Waals surface area (Å²) in [5, 5.41) is 11.7. The summed E-state index contributed by atoms with van der Waals surface area (Å²) in [4.78, 5) is 37.1. The van der Waals surface area contributed by atoms with Gasteiger partial charge in [0.1, 0.15) is 18.4 Å². The zero-order valence-corrected chi connectivity index (χ0v) is 23.4. The number of fused-ring (bicyclic) bond motifs is 3. The normalized spacial score (nSPS) is 15.5. The van der Waals surface area contributed by atoms with Crippen molar-refractivity contribution in [2.75, 3.05) is 25.0 Å². The third-order valence-electron chi connectivity index (χ3n) is 6.83. The van der Waals surface area contributed by atoms with Crippen LogP contribution in [-0.4, -0.2) is 68.3 Å². The van der Waals surface area contributed by atoms with Crippen molar-refractivity contribution in [1.29, 1.82) is 0 Å². The summed E-state index contributed by atoms with van der Waals surface area (Å²) in [6, 6.07) is 23.9. The summed E-state index contributed by atoms with van der Waals surface area (Å²) in [7, 11) is 0. The van der Waals surface area contributed by atoms with E-state index >= 15 is 0 Å². The van der Waals surface area contributed by atoms with Crippen molar-refractivity contribution in [2.24, 2.45) is 0 Å². The van der Waals surface area contributed by atoms with Crippen molar-refractivity contribution in [3.8, 4) is 17.1 Å². The highest BCUT2D eigenvalue weighted by molar-refractivity contribution is 5.93. The summed E-state index contributed by atoms with van der Waals surface area (Å²) in [6.45, 7) is 4.82. The first-order chi connectivity index (χ1) is 20.4. The van der Waals surface area contributed by atoms with Gasteiger partial charge in [-0.25, -0.2) is 14.8 Å². The molecular weight excluding hydrogens is 534 g/mol. The molecule has 6 rings (SSSR count). The fourth-order valence-electron chi connectivity index (χ4n) is 4.80. The summed E-state index contributed by atoms with van der Waals surface area (Å²) in [5.41, 5.74) is 2.98. The Hall–Kier alpha value is -5.19.